The van der Waals surface area contributed by atoms with Gasteiger partial charge in [-0.05, 0) is 76.5 Å². The Bertz CT molecular complexity index is 914. The Morgan fingerprint density at radius 2 is 1.55 bits per heavy atom. The van der Waals surface area contributed by atoms with Gasteiger partial charge in [0.1, 0.15) is 0 Å². The van der Waals surface area contributed by atoms with E-state index in [1.165, 1.54) is 47.9 Å². The molecule has 0 saturated carbocycles. The maximum Gasteiger partial charge on any atom is 0.335 e. The molecule has 0 radical (unpaired) electrons. The molecule has 0 unspecified atom stereocenters. The van der Waals surface area contributed by atoms with Crippen molar-refractivity contribution in [2.24, 2.45) is 0 Å². The van der Waals surface area contributed by atoms with Crippen LogP contribution < -0.4 is 0 Å². The summed E-state index contributed by atoms with van der Waals surface area (Å²) in [4.78, 5) is 11.1. The molecule has 0 amide bonds. The molecule has 2 heteroatoms. The SMILES string of the molecule is CCCCc1cc2c(cc1C=Cc1ccc(C(=O)O)cc1)C(C)(C)CCC2(C)C. The van der Waals surface area contributed by atoms with Gasteiger partial charge in [0.25, 0.3) is 0 Å². The number of carboxylic acid groups (broad SMARTS) is 1. The maximum atomic E-state index is 11.1. The van der Waals surface area contributed by atoms with Crippen molar-refractivity contribution in [1.82, 2.24) is 0 Å². The molecule has 0 saturated heterocycles. The van der Waals surface area contributed by atoms with E-state index < -0.39 is 5.97 Å². The van der Waals surface area contributed by atoms with Crippen LogP contribution in [0.4, 0.5) is 0 Å². The number of hydrogen-bond donors (Lipinski definition) is 1. The molecule has 0 aromatic heterocycles. The van der Waals surface area contributed by atoms with Crippen LogP contribution in [0.15, 0.2) is 36.4 Å². The van der Waals surface area contributed by atoms with Crippen LogP contribution in [0, 0.1) is 0 Å². The van der Waals surface area contributed by atoms with Crippen LogP contribution in [0.3, 0.4) is 0 Å². The molecule has 29 heavy (non-hydrogen) atoms. The van der Waals surface area contributed by atoms with E-state index in [0.717, 1.165) is 12.0 Å². The fourth-order valence-electron chi connectivity index (χ4n) is 4.34. The molecule has 0 bridgehead atoms. The Morgan fingerprint density at radius 3 is 2.10 bits per heavy atom. The lowest BCUT2D eigenvalue weighted by molar-refractivity contribution is 0.0697. The van der Waals surface area contributed by atoms with Crippen molar-refractivity contribution in [3.05, 3.63) is 69.8 Å². The van der Waals surface area contributed by atoms with Crippen molar-refractivity contribution in [1.29, 1.82) is 0 Å². The van der Waals surface area contributed by atoms with Gasteiger partial charge < -0.3 is 5.11 Å². The van der Waals surface area contributed by atoms with Crippen LogP contribution in [0.2, 0.25) is 0 Å². The highest BCUT2D eigenvalue weighted by molar-refractivity contribution is 5.88. The summed E-state index contributed by atoms with van der Waals surface area (Å²) in [7, 11) is 0. The predicted octanol–water partition coefficient (Wildman–Crippen LogP) is 7.25. The number of aryl methyl sites for hydroxylation is 1. The van der Waals surface area contributed by atoms with E-state index in [0.29, 0.717) is 5.56 Å². The molecule has 0 spiro atoms. The zero-order chi connectivity index (χ0) is 21.2. The molecular weight excluding hydrogens is 356 g/mol. The third kappa shape index (κ3) is 4.63. The van der Waals surface area contributed by atoms with Gasteiger partial charge in [-0.1, -0.05) is 77.5 Å². The number of fused-ring (bicyclic) bond motifs is 1. The number of rotatable bonds is 6. The summed E-state index contributed by atoms with van der Waals surface area (Å²) in [6.07, 6.45) is 10.2. The van der Waals surface area contributed by atoms with Crippen molar-refractivity contribution < 1.29 is 9.90 Å². The molecule has 2 aromatic rings. The molecular formula is C27H34O2. The highest BCUT2D eigenvalue weighted by Crippen LogP contribution is 2.46. The first-order chi connectivity index (χ1) is 13.6. The van der Waals surface area contributed by atoms with Crippen LogP contribution in [-0.4, -0.2) is 11.1 Å². The molecule has 1 aliphatic rings. The molecule has 2 aromatic carbocycles. The Morgan fingerprint density at radius 1 is 0.966 bits per heavy atom. The molecule has 1 N–H and O–H groups in total. The fraction of sp³-hybridized carbons (Fsp3) is 0.444. The first kappa shape index (κ1) is 21.4. The fourth-order valence-corrected chi connectivity index (χ4v) is 4.34. The minimum absolute atomic E-state index is 0.194. The van der Waals surface area contributed by atoms with Crippen LogP contribution in [0.1, 0.15) is 98.5 Å². The highest BCUT2D eigenvalue weighted by Gasteiger charge is 2.37. The van der Waals surface area contributed by atoms with Crippen molar-refractivity contribution in [3.8, 4) is 0 Å². The van der Waals surface area contributed by atoms with Gasteiger partial charge in [0, 0.05) is 0 Å². The maximum absolute atomic E-state index is 11.1. The summed E-state index contributed by atoms with van der Waals surface area (Å²) in [6.45, 7) is 11.7. The van der Waals surface area contributed by atoms with E-state index in [-0.39, 0.29) is 10.8 Å². The van der Waals surface area contributed by atoms with Gasteiger partial charge in [-0.15, -0.1) is 0 Å². The molecule has 2 nitrogen and oxygen atoms in total. The van der Waals surface area contributed by atoms with Gasteiger partial charge in [-0.25, -0.2) is 4.79 Å². The van der Waals surface area contributed by atoms with Crippen molar-refractivity contribution in [2.45, 2.75) is 77.6 Å². The highest BCUT2D eigenvalue weighted by atomic mass is 16.4. The average Bonchev–Trinajstić information content (AvgIpc) is 2.68. The lowest BCUT2D eigenvalue weighted by Gasteiger charge is -2.42. The van der Waals surface area contributed by atoms with Crippen LogP contribution in [0.5, 0.6) is 0 Å². The molecule has 154 valence electrons. The molecule has 0 heterocycles. The molecule has 0 atom stereocenters. The number of benzene rings is 2. The standard InChI is InChI=1S/C27H34O2/c1-6-7-8-21-17-23-24(27(4,5)16-15-26(23,2)3)18-22(21)14-11-19-9-12-20(13-10-19)25(28)29/h9-14,17-18H,6-8,15-16H2,1-5H3,(H,28,29). The lowest BCUT2D eigenvalue weighted by atomic mass is 9.62. The first-order valence-corrected chi connectivity index (χ1v) is 10.8. The zero-order valence-electron chi connectivity index (χ0n) is 18.5. The number of unbranched alkanes of at least 4 members (excludes halogenated alkanes) is 1. The minimum Gasteiger partial charge on any atom is -0.478 e. The summed E-state index contributed by atoms with van der Waals surface area (Å²) < 4.78 is 0. The van der Waals surface area contributed by atoms with E-state index in [1.807, 2.05) is 12.1 Å². The summed E-state index contributed by atoms with van der Waals surface area (Å²) in [6, 6.07) is 12.0. The Kier molecular flexibility index (Phi) is 6.03. The van der Waals surface area contributed by atoms with Gasteiger partial charge in [0.05, 0.1) is 5.56 Å². The number of carbonyl (C=O) groups is 1. The topological polar surface area (TPSA) is 37.3 Å². The Labute approximate surface area is 175 Å². The van der Waals surface area contributed by atoms with Crippen LogP contribution in [-0.2, 0) is 17.3 Å². The lowest BCUT2D eigenvalue weighted by Crippen LogP contribution is -2.34. The summed E-state index contributed by atoms with van der Waals surface area (Å²) >= 11 is 0. The minimum atomic E-state index is -0.887. The second-order valence-corrected chi connectivity index (χ2v) is 9.73. The Balaban J connectivity index is 2.03. The Hall–Kier alpha value is -2.35. The second-order valence-electron chi connectivity index (χ2n) is 9.73. The van der Waals surface area contributed by atoms with Gasteiger partial charge in [0.15, 0.2) is 0 Å². The zero-order valence-corrected chi connectivity index (χ0v) is 18.5. The third-order valence-corrected chi connectivity index (χ3v) is 6.53. The largest absolute Gasteiger partial charge is 0.478 e. The number of hydrogen-bond acceptors (Lipinski definition) is 1. The number of aromatic carboxylic acids is 1. The molecule has 0 fully saturated rings. The average molecular weight is 391 g/mol. The van der Waals surface area contributed by atoms with Gasteiger partial charge in [-0.2, -0.15) is 0 Å². The van der Waals surface area contributed by atoms with E-state index >= 15 is 0 Å². The van der Waals surface area contributed by atoms with Crippen molar-refractivity contribution in [3.63, 3.8) is 0 Å². The van der Waals surface area contributed by atoms with Crippen molar-refractivity contribution in [2.75, 3.05) is 0 Å². The van der Waals surface area contributed by atoms with Crippen LogP contribution >= 0.6 is 0 Å². The second kappa shape index (κ2) is 8.18. The predicted molar refractivity (Wildman–Crippen MR) is 123 cm³/mol. The smallest absolute Gasteiger partial charge is 0.335 e. The van der Waals surface area contributed by atoms with Gasteiger partial charge in [-0.3, -0.25) is 0 Å². The van der Waals surface area contributed by atoms with Crippen molar-refractivity contribution >= 4 is 18.1 Å². The van der Waals surface area contributed by atoms with Gasteiger partial charge in [0.2, 0.25) is 0 Å². The van der Waals surface area contributed by atoms with E-state index in [4.69, 9.17) is 5.11 Å². The summed E-state index contributed by atoms with van der Waals surface area (Å²) in [5, 5.41) is 9.09. The quantitative estimate of drug-likeness (QED) is 0.528. The number of carboxylic acids is 1. The molecule has 1 aliphatic carbocycles. The molecule has 0 aliphatic heterocycles. The monoisotopic (exact) mass is 390 g/mol. The molecule has 3 rings (SSSR count). The normalized spacial score (nSPS) is 17.3. The summed E-state index contributed by atoms with van der Waals surface area (Å²) in [5.41, 5.74) is 7.48. The first-order valence-electron chi connectivity index (χ1n) is 10.8. The third-order valence-electron chi connectivity index (χ3n) is 6.53. The van der Waals surface area contributed by atoms with Gasteiger partial charge >= 0.3 is 5.97 Å². The van der Waals surface area contributed by atoms with E-state index in [9.17, 15) is 4.79 Å². The van der Waals surface area contributed by atoms with Crippen LogP contribution in [0.25, 0.3) is 12.2 Å². The van der Waals surface area contributed by atoms with E-state index in [1.54, 1.807) is 12.1 Å². The summed E-state index contributed by atoms with van der Waals surface area (Å²) in [5.74, 6) is -0.887. The van der Waals surface area contributed by atoms with E-state index in [2.05, 4.69) is 58.9 Å².